The molecule has 3 rings (SSSR count). The molecule has 5 unspecified atom stereocenters. The van der Waals surface area contributed by atoms with Crippen LogP contribution in [0.5, 0.6) is 0 Å². The second-order valence-electron chi connectivity index (χ2n) is 6.36. The monoisotopic (exact) mass is 234 g/mol. The first kappa shape index (κ1) is 11.3. The lowest BCUT2D eigenvalue weighted by molar-refractivity contribution is -0.162. The van der Waals surface area contributed by atoms with Crippen LogP contribution in [0.15, 0.2) is 12.7 Å². The number of hydrogen-bond acceptors (Lipinski definition) is 2. The van der Waals surface area contributed by atoms with Crippen molar-refractivity contribution in [3.05, 3.63) is 12.7 Å². The summed E-state index contributed by atoms with van der Waals surface area (Å²) in [7, 11) is 0. The van der Waals surface area contributed by atoms with E-state index in [1.54, 1.807) is 0 Å². The van der Waals surface area contributed by atoms with Gasteiger partial charge >= 0.3 is 5.97 Å². The van der Waals surface area contributed by atoms with Crippen molar-refractivity contribution in [1.82, 2.24) is 0 Å². The van der Waals surface area contributed by atoms with Gasteiger partial charge in [0.05, 0.1) is 0 Å². The van der Waals surface area contributed by atoms with Gasteiger partial charge in [0.25, 0.3) is 0 Å². The minimum absolute atomic E-state index is 0.200. The van der Waals surface area contributed by atoms with Crippen molar-refractivity contribution in [3.63, 3.8) is 0 Å². The molecule has 0 aromatic carbocycles. The van der Waals surface area contributed by atoms with E-state index in [0.29, 0.717) is 5.92 Å². The first-order chi connectivity index (χ1) is 8.14. The third kappa shape index (κ3) is 1.64. The first-order valence-corrected chi connectivity index (χ1v) is 6.99. The molecule has 0 heterocycles. The van der Waals surface area contributed by atoms with Crippen molar-refractivity contribution in [1.29, 1.82) is 0 Å². The molecular weight excluding hydrogens is 212 g/mol. The van der Waals surface area contributed by atoms with Crippen LogP contribution < -0.4 is 0 Å². The van der Waals surface area contributed by atoms with Gasteiger partial charge in [-0.1, -0.05) is 19.4 Å². The molecule has 17 heavy (non-hydrogen) atoms. The summed E-state index contributed by atoms with van der Waals surface area (Å²) in [5.41, 5.74) is -0.200. The lowest BCUT2D eigenvalue weighted by atomic mass is 9.66. The van der Waals surface area contributed by atoms with Gasteiger partial charge in [-0.25, -0.2) is 4.79 Å². The Morgan fingerprint density at radius 2 is 2.06 bits per heavy atom. The highest BCUT2D eigenvalue weighted by Crippen LogP contribution is 2.62. The molecule has 94 valence electrons. The zero-order chi connectivity index (χ0) is 12.0. The molecule has 0 amide bonds. The molecule has 0 aromatic heterocycles. The van der Waals surface area contributed by atoms with Gasteiger partial charge < -0.3 is 4.74 Å². The summed E-state index contributed by atoms with van der Waals surface area (Å²) in [5.74, 6) is 2.94. The molecule has 2 bridgehead atoms. The van der Waals surface area contributed by atoms with E-state index in [1.807, 2.05) is 0 Å². The fraction of sp³-hybridized carbons (Fsp3) is 0.800. The standard InChI is InChI=1S/C15H22O2/c1-3-14(16)17-15(2)9-10-8-13(15)12-7-5-4-6-11(10)12/h3,10-13H,1,4-9H2,2H3. The Morgan fingerprint density at radius 1 is 1.35 bits per heavy atom. The van der Waals surface area contributed by atoms with Crippen molar-refractivity contribution >= 4 is 5.97 Å². The lowest BCUT2D eigenvalue weighted by Gasteiger charge is -2.44. The van der Waals surface area contributed by atoms with Gasteiger partial charge in [-0.15, -0.1) is 0 Å². The van der Waals surface area contributed by atoms with Crippen molar-refractivity contribution in [2.75, 3.05) is 0 Å². The van der Waals surface area contributed by atoms with Crippen molar-refractivity contribution in [3.8, 4) is 0 Å². The van der Waals surface area contributed by atoms with Crippen LogP contribution in [0, 0.1) is 23.7 Å². The van der Waals surface area contributed by atoms with Gasteiger partial charge in [-0.2, -0.15) is 0 Å². The fourth-order valence-corrected chi connectivity index (χ4v) is 4.95. The van der Waals surface area contributed by atoms with Crippen LogP contribution in [0.4, 0.5) is 0 Å². The average Bonchev–Trinajstić information content (AvgIpc) is 2.84. The van der Waals surface area contributed by atoms with E-state index < -0.39 is 0 Å². The van der Waals surface area contributed by atoms with Gasteiger partial charge in [0.15, 0.2) is 0 Å². The quantitative estimate of drug-likeness (QED) is 0.541. The molecule has 2 heteroatoms. The summed E-state index contributed by atoms with van der Waals surface area (Å²) >= 11 is 0. The molecule has 3 aliphatic carbocycles. The molecule has 3 aliphatic rings. The molecular formula is C15H22O2. The topological polar surface area (TPSA) is 26.3 Å². The molecule has 0 N–H and O–H groups in total. The Balaban J connectivity index is 1.78. The van der Waals surface area contributed by atoms with Crippen LogP contribution >= 0.6 is 0 Å². The minimum Gasteiger partial charge on any atom is -0.456 e. The zero-order valence-corrected chi connectivity index (χ0v) is 10.7. The van der Waals surface area contributed by atoms with E-state index in [-0.39, 0.29) is 11.6 Å². The van der Waals surface area contributed by atoms with Crippen molar-refractivity contribution in [2.24, 2.45) is 23.7 Å². The van der Waals surface area contributed by atoms with Gasteiger partial charge in [0.1, 0.15) is 5.60 Å². The molecule has 0 radical (unpaired) electrons. The summed E-state index contributed by atoms with van der Waals surface area (Å²) in [4.78, 5) is 11.5. The Kier molecular flexibility index (Phi) is 2.57. The largest absolute Gasteiger partial charge is 0.456 e. The maximum atomic E-state index is 11.5. The summed E-state index contributed by atoms with van der Waals surface area (Å²) < 4.78 is 5.67. The second kappa shape index (κ2) is 3.86. The predicted molar refractivity (Wildman–Crippen MR) is 66.4 cm³/mol. The van der Waals surface area contributed by atoms with Crippen LogP contribution in [0.1, 0.15) is 45.4 Å². The normalized spacial score (nSPS) is 47.6. The highest BCUT2D eigenvalue weighted by molar-refractivity contribution is 5.81. The average molecular weight is 234 g/mol. The number of carbonyl (C=O) groups is 1. The molecule has 0 aromatic rings. The number of rotatable bonds is 2. The summed E-state index contributed by atoms with van der Waals surface area (Å²) in [5, 5.41) is 0. The minimum atomic E-state index is -0.243. The van der Waals surface area contributed by atoms with E-state index in [2.05, 4.69) is 13.5 Å². The predicted octanol–water partition coefficient (Wildman–Crippen LogP) is 3.32. The number of carbonyl (C=O) groups excluding carboxylic acids is 1. The maximum Gasteiger partial charge on any atom is 0.330 e. The van der Waals surface area contributed by atoms with Gasteiger partial charge in [0, 0.05) is 12.0 Å². The number of esters is 1. The molecule has 3 saturated carbocycles. The highest BCUT2D eigenvalue weighted by atomic mass is 16.6. The number of ether oxygens (including phenoxy) is 1. The first-order valence-electron chi connectivity index (χ1n) is 6.99. The number of hydrogen-bond donors (Lipinski definition) is 0. The van der Waals surface area contributed by atoms with Crippen LogP contribution in [-0.4, -0.2) is 11.6 Å². The third-order valence-corrected chi connectivity index (χ3v) is 5.51. The van der Waals surface area contributed by atoms with Crippen LogP contribution in [-0.2, 0) is 9.53 Å². The Morgan fingerprint density at radius 3 is 2.76 bits per heavy atom. The lowest BCUT2D eigenvalue weighted by Crippen LogP contribution is -2.44. The smallest absolute Gasteiger partial charge is 0.330 e. The summed E-state index contributed by atoms with van der Waals surface area (Å²) in [6, 6.07) is 0. The molecule has 0 aliphatic heterocycles. The number of fused-ring (bicyclic) bond motifs is 5. The van der Waals surface area contributed by atoms with E-state index in [9.17, 15) is 4.79 Å². The van der Waals surface area contributed by atoms with E-state index in [1.165, 1.54) is 38.2 Å². The third-order valence-electron chi connectivity index (χ3n) is 5.51. The van der Waals surface area contributed by atoms with Crippen molar-refractivity contribution < 1.29 is 9.53 Å². The fourth-order valence-electron chi connectivity index (χ4n) is 4.95. The highest BCUT2D eigenvalue weighted by Gasteiger charge is 2.59. The van der Waals surface area contributed by atoms with Gasteiger partial charge in [-0.05, 0) is 50.4 Å². The van der Waals surface area contributed by atoms with E-state index in [4.69, 9.17) is 4.74 Å². The van der Waals surface area contributed by atoms with E-state index in [0.717, 1.165) is 24.2 Å². The molecule has 0 saturated heterocycles. The van der Waals surface area contributed by atoms with Crippen LogP contribution in [0.25, 0.3) is 0 Å². The van der Waals surface area contributed by atoms with Gasteiger partial charge in [0.2, 0.25) is 0 Å². The van der Waals surface area contributed by atoms with Crippen molar-refractivity contribution in [2.45, 2.75) is 51.0 Å². The molecule has 3 fully saturated rings. The second-order valence-corrected chi connectivity index (χ2v) is 6.36. The molecule has 0 spiro atoms. The van der Waals surface area contributed by atoms with E-state index >= 15 is 0 Å². The Bertz CT molecular complexity index is 349. The SMILES string of the molecule is C=CC(=O)OC1(C)CC2CC1C1CCCCC21. The zero-order valence-electron chi connectivity index (χ0n) is 10.7. The summed E-state index contributed by atoms with van der Waals surface area (Å²) in [6.45, 7) is 5.65. The van der Waals surface area contributed by atoms with Crippen LogP contribution in [0.3, 0.4) is 0 Å². The maximum absolute atomic E-state index is 11.5. The van der Waals surface area contributed by atoms with Crippen LogP contribution in [0.2, 0.25) is 0 Å². The Hall–Kier alpha value is -0.790. The van der Waals surface area contributed by atoms with Gasteiger partial charge in [-0.3, -0.25) is 0 Å². The summed E-state index contributed by atoms with van der Waals surface area (Å²) in [6.07, 6.45) is 9.22. The molecule has 5 atom stereocenters. The molecule has 2 nitrogen and oxygen atoms in total. The Labute approximate surface area is 103 Å².